The summed E-state index contributed by atoms with van der Waals surface area (Å²) in [7, 11) is -3.03. The van der Waals surface area contributed by atoms with Gasteiger partial charge in [0.05, 0.1) is 10.5 Å². The van der Waals surface area contributed by atoms with E-state index in [9.17, 15) is 17.6 Å². The van der Waals surface area contributed by atoms with Crippen LogP contribution in [0.4, 0.5) is 4.39 Å². The maximum absolute atomic E-state index is 13.3. The number of carbonyl (C=O) groups excluding carboxylic acids is 1. The van der Waals surface area contributed by atoms with Crippen molar-refractivity contribution in [1.82, 2.24) is 0 Å². The van der Waals surface area contributed by atoms with Gasteiger partial charge in [0, 0.05) is 12.3 Å². The summed E-state index contributed by atoms with van der Waals surface area (Å²) >= 11 is 0. The molecule has 2 aliphatic heterocycles. The third-order valence-corrected chi connectivity index (χ3v) is 7.92. The van der Waals surface area contributed by atoms with E-state index < -0.39 is 9.84 Å². The number of hydrogen-bond acceptors (Lipinski definition) is 3. The van der Waals surface area contributed by atoms with E-state index in [0.29, 0.717) is 31.2 Å². The minimum atomic E-state index is -3.03. The van der Waals surface area contributed by atoms with Gasteiger partial charge in [-0.1, -0.05) is 12.5 Å². The van der Waals surface area contributed by atoms with E-state index in [-0.39, 0.29) is 34.4 Å². The molecule has 2 heterocycles. The summed E-state index contributed by atoms with van der Waals surface area (Å²) in [5.41, 5.74) is 1.61. The number of Topliss-reactive ketones (excluding diaryl/α,β-unsaturated/α-hetero) is 1. The van der Waals surface area contributed by atoms with Crippen LogP contribution in [0, 0.1) is 18.7 Å². The lowest BCUT2D eigenvalue weighted by molar-refractivity contribution is -0.122. The average Bonchev–Trinajstić information content (AvgIpc) is 2.41. The molecule has 22 heavy (non-hydrogen) atoms. The molecular formula is C17H21FO3S. The Labute approximate surface area is 130 Å². The van der Waals surface area contributed by atoms with E-state index in [2.05, 4.69) is 0 Å². The van der Waals surface area contributed by atoms with Gasteiger partial charge in [0.15, 0.2) is 9.84 Å². The molecule has 0 aliphatic carbocycles. The van der Waals surface area contributed by atoms with Crippen LogP contribution < -0.4 is 0 Å². The highest BCUT2D eigenvalue weighted by Crippen LogP contribution is 2.40. The van der Waals surface area contributed by atoms with Crippen molar-refractivity contribution in [2.45, 2.75) is 55.9 Å². The van der Waals surface area contributed by atoms with E-state index in [1.165, 1.54) is 12.1 Å². The molecule has 2 fully saturated rings. The van der Waals surface area contributed by atoms with Crippen molar-refractivity contribution >= 4 is 15.6 Å². The SMILES string of the molecule is Cc1ccc(F)cc1CC(=O)C1CC2CCCC(C1)S2(=O)=O. The van der Waals surface area contributed by atoms with Crippen LogP contribution in [-0.4, -0.2) is 24.7 Å². The monoisotopic (exact) mass is 324 g/mol. The normalized spacial score (nSPS) is 30.0. The second-order valence-electron chi connectivity index (χ2n) is 6.65. The van der Waals surface area contributed by atoms with Gasteiger partial charge in [-0.05, 0) is 55.9 Å². The van der Waals surface area contributed by atoms with Gasteiger partial charge in [0.2, 0.25) is 0 Å². The van der Waals surface area contributed by atoms with Crippen LogP contribution in [0.1, 0.15) is 43.2 Å². The molecule has 2 atom stereocenters. The second kappa shape index (κ2) is 5.76. The van der Waals surface area contributed by atoms with Crippen molar-refractivity contribution in [3.63, 3.8) is 0 Å². The topological polar surface area (TPSA) is 51.2 Å². The minimum absolute atomic E-state index is 0.0560. The number of sulfone groups is 1. The number of benzene rings is 1. The fraction of sp³-hybridized carbons (Fsp3) is 0.588. The Kier molecular flexibility index (Phi) is 4.10. The van der Waals surface area contributed by atoms with Gasteiger partial charge in [0.25, 0.3) is 0 Å². The number of rotatable bonds is 3. The Bertz CT molecular complexity index is 676. The third-order valence-electron chi connectivity index (χ3n) is 5.21. The summed E-state index contributed by atoms with van der Waals surface area (Å²) in [6.07, 6.45) is 3.41. The highest BCUT2D eigenvalue weighted by Gasteiger charge is 2.45. The number of ketones is 1. The molecule has 1 aromatic carbocycles. The average molecular weight is 324 g/mol. The summed E-state index contributed by atoms with van der Waals surface area (Å²) in [4.78, 5) is 12.6. The van der Waals surface area contributed by atoms with Crippen molar-refractivity contribution in [2.24, 2.45) is 5.92 Å². The zero-order valence-corrected chi connectivity index (χ0v) is 13.5. The molecule has 3 rings (SSSR count). The number of hydrogen-bond donors (Lipinski definition) is 0. The summed E-state index contributed by atoms with van der Waals surface area (Å²) < 4.78 is 37.9. The standard InChI is InChI=1S/C17H21FO3S/c1-11-5-6-14(18)7-12(11)10-17(19)13-8-15-3-2-4-16(9-13)22(15,20)21/h5-7,13,15-16H,2-4,8-10H2,1H3. The number of aryl methyl sites for hydroxylation is 1. The molecule has 0 saturated carbocycles. The molecule has 120 valence electrons. The molecule has 0 radical (unpaired) electrons. The van der Waals surface area contributed by atoms with Crippen molar-refractivity contribution < 1.29 is 17.6 Å². The molecule has 5 heteroatoms. The largest absolute Gasteiger partial charge is 0.299 e. The van der Waals surface area contributed by atoms with E-state index in [1.54, 1.807) is 6.07 Å². The smallest absolute Gasteiger partial charge is 0.156 e. The maximum atomic E-state index is 13.3. The van der Waals surface area contributed by atoms with Crippen molar-refractivity contribution in [3.8, 4) is 0 Å². The second-order valence-corrected chi connectivity index (χ2v) is 9.16. The minimum Gasteiger partial charge on any atom is -0.299 e. The number of carbonyl (C=O) groups is 1. The molecule has 2 unspecified atom stereocenters. The van der Waals surface area contributed by atoms with Crippen LogP contribution in [0.5, 0.6) is 0 Å². The molecule has 0 spiro atoms. The van der Waals surface area contributed by atoms with Crippen LogP contribution in [0.3, 0.4) is 0 Å². The lowest BCUT2D eigenvalue weighted by atomic mass is 9.84. The Morgan fingerprint density at radius 3 is 2.50 bits per heavy atom. The predicted molar refractivity (Wildman–Crippen MR) is 82.9 cm³/mol. The van der Waals surface area contributed by atoms with E-state index in [4.69, 9.17) is 0 Å². The number of fused-ring (bicyclic) bond motifs is 2. The molecule has 0 aromatic heterocycles. The lowest BCUT2D eigenvalue weighted by Crippen LogP contribution is -2.45. The van der Waals surface area contributed by atoms with Gasteiger partial charge in [-0.3, -0.25) is 4.79 Å². The quantitative estimate of drug-likeness (QED) is 0.859. The third kappa shape index (κ3) is 2.83. The number of halogens is 1. The molecule has 2 saturated heterocycles. The van der Waals surface area contributed by atoms with Crippen LogP contribution in [0.25, 0.3) is 0 Å². The highest BCUT2D eigenvalue weighted by molar-refractivity contribution is 7.92. The highest BCUT2D eigenvalue weighted by atomic mass is 32.2. The van der Waals surface area contributed by atoms with Gasteiger partial charge in [-0.25, -0.2) is 12.8 Å². The lowest BCUT2D eigenvalue weighted by Gasteiger charge is -2.38. The molecule has 3 nitrogen and oxygen atoms in total. The zero-order chi connectivity index (χ0) is 15.9. The molecule has 0 amide bonds. The van der Waals surface area contributed by atoms with Gasteiger partial charge in [-0.2, -0.15) is 0 Å². The first-order valence-electron chi connectivity index (χ1n) is 7.88. The van der Waals surface area contributed by atoms with Crippen LogP contribution >= 0.6 is 0 Å². The van der Waals surface area contributed by atoms with E-state index in [0.717, 1.165) is 12.0 Å². The Morgan fingerprint density at radius 2 is 1.86 bits per heavy atom. The maximum Gasteiger partial charge on any atom is 0.156 e. The summed E-state index contributed by atoms with van der Waals surface area (Å²) in [6, 6.07) is 4.48. The van der Waals surface area contributed by atoms with Crippen molar-refractivity contribution in [1.29, 1.82) is 0 Å². The summed E-state index contributed by atoms with van der Waals surface area (Å²) in [6.45, 7) is 1.86. The van der Waals surface area contributed by atoms with Gasteiger partial charge in [-0.15, -0.1) is 0 Å². The van der Waals surface area contributed by atoms with Crippen molar-refractivity contribution in [2.75, 3.05) is 0 Å². The zero-order valence-electron chi connectivity index (χ0n) is 12.7. The first-order chi connectivity index (χ1) is 10.4. The van der Waals surface area contributed by atoms with Crippen LogP contribution in [0.2, 0.25) is 0 Å². The van der Waals surface area contributed by atoms with Crippen LogP contribution in [-0.2, 0) is 21.1 Å². The Morgan fingerprint density at radius 1 is 1.23 bits per heavy atom. The first kappa shape index (κ1) is 15.7. The molecule has 2 aliphatic rings. The molecule has 0 N–H and O–H groups in total. The van der Waals surface area contributed by atoms with Crippen LogP contribution in [0.15, 0.2) is 18.2 Å². The first-order valence-corrected chi connectivity index (χ1v) is 9.49. The Balaban J connectivity index is 1.75. The van der Waals surface area contributed by atoms with Gasteiger partial charge < -0.3 is 0 Å². The predicted octanol–water partition coefficient (Wildman–Crippen LogP) is 2.99. The summed E-state index contributed by atoms with van der Waals surface area (Å²) in [5.74, 6) is -0.474. The van der Waals surface area contributed by atoms with E-state index >= 15 is 0 Å². The summed E-state index contributed by atoms with van der Waals surface area (Å²) in [5, 5.41) is -0.690. The Hall–Kier alpha value is -1.23. The van der Waals surface area contributed by atoms with Gasteiger partial charge >= 0.3 is 0 Å². The van der Waals surface area contributed by atoms with E-state index in [1.807, 2.05) is 6.92 Å². The fourth-order valence-corrected chi connectivity index (χ4v) is 6.37. The van der Waals surface area contributed by atoms with Gasteiger partial charge in [0.1, 0.15) is 11.6 Å². The molecule has 1 aromatic rings. The fourth-order valence-electron chi connectivity index (χ4n) is 3.83. The molecule has 2 bridgehead atoms. The molecular weight excluding hydrogens is 303 g/mol. The van der Waals surface area contributed by atoms with Crippen molar-refractivity contribution in [3.05, 3.63) is 35.1 Å².